The fourth-order valence-corrected chi connectivity index (χ4v) is 0.927. The second-order valence-corrected chi connectivity index (χ2v) is 3.83. The minimum absolute atomic E-state index is 0.287. The molecule has 0 fully saturated rings. The van der Waals surface area contributed by atoms with Gasteiger partial charge in [-0.15, -0.1) is 0 Å². The summed E-state index contributed by atoms with van der Waals surface area (Å²) in [6.07, 6.45) is 2.36. The summed E-state index contributed by atoms with van der Waals surface area (Å²) in [6, 6.07) is -2.01. The van der Waals surface area contributed by atoms with Crippen LogP contribution in [0.4, 0.5) is 0 Å². The van der Waals surface area contributed by atoms with E-state index >= 15 is 0 Å². The van der Waals surface area contributed by atoms with Crippen molar-refractivity contribution in [3.05, 3.63) is 18.2 Å². The number of rotatable bonds is 5. The van der Waals surface area contributed by atoms with Gasteiger partial charge in [0.25, 0.3) is 0 Å². The van der Waals surface area contributed by atoms with Gasteiger partial charge in [0.05, 0.1) is 12.4 Å². The van der Waals surface area contributed by atoms with Crippen molar-refractivity contribution in [3.63, 3.8) is 0 Å². The number of hydrogen-bond donors (Lipinski definition) is 6. The minimum atomic E-state index is -1.18. The number of aliphatic carboxylic acids is 2. The molecular weight excluding hydrogens is 256 g/mol. The fourth-order valence-electron chi connectivity index (χ4n) is 0.927. The summed E-state index contributed by atoms with van der Waals surface area (Å²) in [5.41, 5.74) is 10.9. The van der Waals surface area contributed by atoms with E-state index < -0.39 is 30.1 Å². The Morgan fingerprint density at radius 3 is 2.21 bits per heavy atom. The van der Waals surface area contributed by atoms with E-state index in [1.807, 2.05) is 0 Å². The molecule has 0 saturated heterocycles. The molecule has 0 saturated carbocycles. The zero-order chi connectivity index (χ0) is 15.0. The van der Waals surface area contributed by atoms with Crippen molar-refractivity contribution in [1.29, 1.82) is 0 Å². The van der Waals surface area contributed by atoms with Gasteiger partial charge in [0.2, 0.25) is 0 Å². The Hall–Kier alpha value is -1.97. The molecule has 19 heavy (non-hydrogen) atoms. The first-order chi connectivity index (χ1) is 8.75. The SMILES string of the molecule is CC(O)C(N)C(=O)O.NC(Cc1cnc[nH]1)C(=O)O. The van der Waals surface area contributed by atoms with Crippen LogP contribution in [-0.2, 0) is 16.0 Å². The third kappa shape index (κ3) is 7.13. The van der Waals surface area contributed by atoms with Gasteiger partial charge < -0.3 is 31.8 Å². The molecule has 3 unspecified atom stereocenters. The molecule has 3 atom stereocenters. The van der Waals surface area contributed by atoms with Gasteiger partial charge >= 0.3 is 11.9 Å². The first kappa shape index (κ1) is 17.0. The molecule has 8 N–H and O–H groups in total. The molecular formula is C10H18N4O5. The number of H-pyrrole nitrogens is 1. The fraction of sp³-hybridized carbons (Fsp3) is 0.500. The van der Waals surface area contributed by atoms with Crippen LogP contribution in [0.5, 0.6) is 0 Å². The number of nitrogens with two attached hydrogens (primary N) is 2. The number of nitrogens with zero attached hydrogens (tertiary/aromatic N) is 1. The second kappa shape index (κ2) is 8.19. The number of aromatic nitrogens is 2. The third-order valence-corrected chi connectivity index (χ3v) is 2.12. The number of hydrogen-bond acceptors (Lipinski definition) is 6. The predicted molar refractivity (Wildman–Crippen MR) is 65.2 cm³/mol. The van der Waals surface area contributed by atoms with Gasteiger partial charge in [-0.2, -0.15) is 0 Å². The summed E-state index contributed by atoms with van der Waals surface area (Å²) in [6.45, 7) is 1.33. The molecule has 0 aliphatic rings. The normalized spacial score (nSPS) is 14.7. The molecule has 0 aromatic carbocycles. The van der Waals surface area contributed by atoms with Gasteiger partial charge in [0.15, 0.2) is 0 Å². The maximum atomic E-state index is 10.3. The first-order valence-electron chi connectivity index (χ1n) is 5.37. The molecule has 0 spiro atoms. The Labute approximate surface area is 109 Å². The predicted octanol–water partition coefficient (Wildman–Crippen LogP) is -1.86. The highest BCUT2D eigenvalue weighted by molar-refractivity contribution is 5.73. The maximum Gasteiger partial charge on any atom is 0.323 e. The summed E-state index contributed by atoms with van der Waals surface area (Å²) in [5.74, 6) is -2.18. The van der Waals surface area contributed by atoms with Crippen molar-refractivity contribution in [3.8, 4) is 0 Å². The number of carbonyl (C=O) groups is 2. The van der Waals surface area contributed by atoms with E-state index in [-0.39, 0.29) is 6.42 Å². The van der Waals surface area contributed by atoms with E-state index in [1.54, 1.807) is 6.20 Å². The van der Waals surface area contributed by atoms with Gasteiger partial charge in [0, 0.05) is 18.3 Å². The number of carboxylic acid groups (broad SMARTS) is 2. The summed E-state index contributed by atoms with van der Waals surface area (Å²) in [7, 11) is 0. The maximum absolute atomic E-state index is 10.3. The molecule has 1 aromatic heterocycles. The van der Waals surface area contributed by atoms with Crippen LogP contribution in [0.1, 0.15) is 12.6 Å². The van der Waals surface area contributed by atoms with Gasteiger partial charge in [-0.3, -0.25) is 9.59 Å². The Bertz CT molecular complexity index is 393. The van der Waals surface area contributed by atoms with Crippen molar-refractivity contribution in [2.45, 2.75) is 31.5 Å². The van der Waals surface area contributed by atoms with Gasteiger partial charge in [0.1, 0.15) is 12.1 Å². The molecule has 0 bridgehead atoms. The van der Waals surface area contributed by atoms with E-state index in [4.69, 9.17) is 26.8 Å². The highest BCUT2D eigenvalue weighted by Gasteiger charge is 2.16. The number of imidazole rings is 1. The molecule has 9 nitrogen and oxygen atoms in total. The quantitative estimate of drug-likeness (QED) is 0.362. The van der Waals surface area contributed by atoms with Crippen LogP contribution >= 0.6 is 0 Å². The molecule has 108 valence electrons. The standard InChI is InChI=1S/C6H9N3O2.C4H9NO3/c7-5(6(10)11)1-4-2-8-3-9-4;1-2(6)3(5)4(7)8/h2-3,5H,1,7H2,(H,8,9)(H,10,11);2-3,6H,5H2,1H3,(H,7,8). The van der Waals surface area contributed by atoms with E-state index in [9.17, 15) is 9.59 Å². The number of aliphatic hydroxyl groups is 1. The molecule has 9 heteroatoms. The largest absolute Gasteiger partial charge is 0.480 e. The molecule has 0 aliphatic carbocycles. The number of aliphatic hydroxyl groups excluding tert-OH is 1. The van der Waals surface area contributed by atoms with Crippen LogP contribution in [0.3, 0.4) is 0 Å². The van der Waals surface area contributed by atoms with E-state index in [1.165, 1.54) is 13.3 Å². The highest BCUT2D eigenvalue weighted by Crippen LogP contribution is 1.95. The first-order valence-corrected chi connectivity index (χ1v) is 5.37. The van der Waals surface area contributed by atoms with Gasteiger partial charge in [-0.1, -0.05) is 0 Å². The topological polar surface area (TPSA) is 176 Å². The number of nitrogens with one attached hydrogen (secondary N) is 1. The number of carboxylic acids is 2. The average molecular weight is 274 g/mol. The van der Waals surface area contributed by atoms with Gasteiger partial charge in [-0.05, 0) is 6.92 Å². The summed E-state index contributed by atoms with van der Waals surface area (Å²) in [4.78, 5) is 26.6. The van der Waals surface area contributed by atoms with E-state index in [0.717, 1.165) is 5.69 Å². The van der Waals surface area contributed by atoms with Crippen molar-refractivity contribution in [1.82, 2.24) is 9.97 Å². The molecule has 0 aliphatic heterocycles. The van der Waals surface area contributed by atoms with Crippen molar-refractivity contribution >= 4 is 11.9 Å². The molecule has 0 radical (unpaired) electrons. The van der Waals surface area contributed by atoms with Gasteiger partial charge in [-0.25, -0.2) is 4.98 Å². The average Bonchev–Trinajstić information content (AvgIpc) is 2.81. The lowest BCUT2D eigenvalue weighted by molar-refractivity contribution is -0.141. The smallest absolute Gasteiger partial charge is 0.323 e. The zero-order valence-corrected chi connectivity index (χ0v) is 10.4. The Morgan fingerprint density at radius 2 is 1.95 bits per heavy atom. The van der Waals surface area contributed by atoms with Crippen LogP contribution in [0, 0.1) is 0 Å². The summed E-state index contributed by atoms with van der Waals surface area (Å²) >= 11 is 0. The molecule has 1 aromatic rings. The Morgan fingerprint density at radius 1 is 1.37 bits per heavy atom. The highest BCUT2D eigenvalue weighted by atomic mass is 16.4. The molecule has 1 heterocycles. The lowest BCUT2D eigenvalue weighted by Gasteiger charge is -2.06. The molecule has 1 rings (SSSR count). The second-order valence-electron chi connectivity index (χ2n) is 3.83. The van der Waals surface area contributed by atoms with Crippen LogP contribution in [0.25, 0.3) is 0 Å². The van der Waals surface area contributed by atoms with Crippen molar-refractivity contribution in [2.75, 3.05) is 0 Å². The van der Waals surface area contributed by atoms with E-state index in [2.05, 4.69) is 9.97 Å². The minimum Gasteiger partial charge on any atom is -0.480 e. The van der Waals surface area contributed by atoms with Crippen molar-refractivity contribution in [2.24, 2.45) is 11.5 Å². The van der Waals surface area contributed by atoms with Crippen LogP contribution in [0.15, 0.2) is 12.5 Å². The monoisotopic (exact) mass is 274 g/mol. The van der Waals surface area contributed by atoms with Crippen LogP contribution < -0.4 is 11.5 Å². The van der Waals surface area contributed by atoms with E-state index in [0.29, 0.717) is 0 Å². The summed E-state index contributed by atoms with van der Waals surface area (Å²) < 4.78 is 0. The molecule has 0 amide bonds. The Kier molecular flexibility index (Phi) is 7.34. The van der Waals surface area contributed by atoms with Crippen molar-refractivity contribution < 1.29 is 24.9 Å². The zero-order valence-electron chi connectivity index (χ0n) is 10.4. The summed E-state index contributed by atoms with van der Waals surface area (Å²) in [5, 5.41) is 25.0. The third-order valence-electron chi connectivity index (χ3n) is 2.12. The number of aromatic amines is 1. The van der Waals surface area contributed by atoms with Crippen LogP contribution in [0.2, 0.25) is 0 Å². The Balaban J connectivity index is 0.000000362. The lowest BCUT2D eigenvalue weighted by Crippen LogP contribution is -2.39. The van der Waals surface area contributed by atoms with Crippen LogP contribution in [-0.4, -0.2) is 55.4 Å². The lowest BCUT2D eigenvalue weighted by atomic mass is 10.2.